The summed E-state index contributed by atoms with van der Waals surface area (Å²) in [6.45, 7) is 1.56. The Morgan fingerprint density at radius 3 is 2.07 bits per heavy atom. The van der Waals surface area contributed by atoms with Crippen LogP contribution in [-0.4, -0.2) is 25.5 Å². The van der Waals surface area contributed by atoms with Crippen molar-refractivity contribution < 1.29 is 19.0 Å². The third kappa shape index (κ3) is 6.66. The number of ketones is 1. The number of carbonyl (C=O) groups excluding carboxylic acids is 1. The van der Waals surface area contributed by atoms with Gasteiger partial charge in [0.1, 0.15) is 23.9 Å². The Kier molecular flexibility index (Phi) is 7.66. The van der Waals surface area contributed by atoms with Crippen molar-refractivity contribution in [3.05, 3.63) is 90.0 Å². The van der Waals surface area contributed by atoms with Crippen molar-refractivity contribution in [2.75, 3.05) is 19.8 Å². The van der Waals surface area contributed by atoms with E-state index in [1.165, 1.54) is 0 Å². The molecule has 0 spiro atoms. The number of rotatable bonds is 11. The smallest absolute Gasteiger partial charge is 0.176 e. The highest BCUT2D eigenvalue weighted by Crippen LogP contribution is 2.19. The lowest BCUT2D eigenvalue weighted by molar-refractivity contribution is 0.100. The lowest BCUT2D eigenvalue weighted by Gasteiger charge is -2.10. The van der Waals surface area contributed by atoms with Crippen LogP contribution in [0.4, 0.5) is 0 Å². The molecule has 0 saturated heterocycles. The molecule has 0 fully saturated rings. The lowest BCUT2D eigenvalue weighted by Crippen LogP contribution is -2.13. The first kappa shape index (κ1) is 20.4. The molecule has 0 atom stereocenters. The fourth-order valence-electron chi connectivity index (χ4n) is 2.69. The van der Waals surface area contributed by atoms with Crippen molar-refractivity contribution in [2.45, 2.75) is 13.0 Å². The van der Waals surface area contributed by atoms with Crippen molar-refractivity contribution in [1.82, 2.24) is 0 Å². The summed E-state index contributed by atoms with van der Waals surface area (Å²) in [7, 11) is 0. The normalized spacial score (nSPS) is 10.4. The minimum atomic E-state index is -0.102. The molecule has 0 amide bonds. The Labute approximate surface area is 171 Å². The summed E-state index contributed by atoms with van der Waals surface area (Å²) in [5, 5.41) is 0. The van der Waals surface area contributed by atoms with Gasteiger partial charge in [-0.1, -0.05) is 42.5 Å². The van der Waals surface area contributed by atoms with Crippen LogP contribution in [0.1, 0.15) is 22.3 Å². The van der Waals surface area contributed by atoms with E-state index in [4.69, 9.17) is 19.9 Å². The van der Waals surface area contributed by atoms with E-state index >= 15 is 0 Å². The fraction of sp³-hybridized carbons (Fsp3) is 0.208. The van der Waals surface area contributed by atoms with Crippen LogP contribution in [0, 0.1) is 0 Å². The van der Waals surface area contributed by atoms with Crippen LogP contribution in [-0.2, 0) is 6.61 Å². The van der Waals surface area contributed by atoms with Gasteiger partial charge in [-0.15, -0.1) is 0 Å². The fourth-order valence-corrected chi connectivity index (χ4v) is 2.69. The quantitative estimate of drug-likeness (QED) is 0.391. The molecular formula is C24H25NO4. The maximum absolute atomic E-state index is 11.6. The average molecular weight is 391 g/mol. The maximum Gasteiger partial charge on any atom is 0.176 e. The predicted molar refractivity (Wildman–Crippen MR) is 113 cm³/mol. The first-order valence-corrected chi connectivity index (χ1v) is 9.60. The van der Waals surface area contributed by atoms with Crippen molar-refractivity contribution in [2.24, 2.45) is 5.73 Å². The lowest BCUT2D eigenvalue weighted by atomic mass is 10.1. The molecule has 0 unspecified atom stereocenters. The van der Waals surface area contributed by atoms with Gasteiger partial charge in [-0.25, -0.2) is 0 Å². The summed E-state index contributed by atoms with van der Waals surface area (Å²) >= 11 is 0. The van der Waals surface area contributed by atoms with Gasteiger partial charge in [0.05, 0.1) is 19.8 Å². The van der Waals surface area contributed by atoms with Crippen molar-refractivity contribution in [3.63, 3.8) is 0 Å². The van der Waals surface area contributed by atoms with E-state index in [0.717, 1.165) is 23.5 Å². The topological polar surface area (TPSA) is 70.8 Å². The van der Waals surface area contributed by atoms with E-state index in [-0.39, 0.29) is 12.3 Å². The number of carbonyl (C=O) groups is 1. The molecule has 0 aliphatic heterocycles. The summed E-state index contributed by atoms with van der Waals surface area (Å²) in [5.74, 6) is 2.14. The first-order valence-electron chi connectivity index (χ1n) is 9.60. The van der Waals surface area contributed by atoms with Gasteiger partial charge in [0, 0.05) is 12.0 Å². The van der Waals surface area contributed by atoms with Gasteiger partial charge in [-0.2, -0.15) is 0 Å². The second-order valence-electron chi connectivity index (χ2n) is 6.45. The second kappa shape index (κ2) is 10.9. The Balaban J connectivity index is 1.36. The van der Waals surface area contributed by atoms with Gasteiger partial charge in [0.15, 0.2) is 5.78 Å². The molecule has 0 radical (unpaired) electrons. The number of nitrogens with two attached hydrogens (primary N) is 1. The van der Waals surface area contributed by atoms with Gasteiger partial charge in [-0.3, -0.25) is 4.79 Å². The molecule has 3 aromatic rings. The number of benzene rings is 3. The van der Waals surface area contributed by atoms with Crippen molar-refractivity contribution in [3.8, 4) is 17.2 Å². The van der Waals surface area contributed by atoms with Gasteiger partial charge in [-0.05, 0) is 42.0 Å². The summed E-state index contributed by atoms with van der Waals surface area (Å²) in [5.41, 5.74) is 7.08. The number of ether oxygens (including phenoxy) is 3. The zero-order valence-electron chi connectivity index (χ0n) is 16.3. The molecule has 29 heavy (non-hydrogen) atoms. The molecule has 2 N–H and O–H groups in total. The van der Waals surface area contributed by atoms with Crippen LogP contribution >= 0.6 is 0 Å². The van der Waals surface area contributed by atoms with Gasteiger partial charge in [0.2, 0.25) is 0 Å². The van der Waals surface area contributed by atoms with Gasteiger partial charge < -0.3 is 19.9 Å². The van der Waals surface area contributed by atoms with Crippen LogP contribution < -0.4 is 19.9 Å². The third-order valence-electron chi connectivity index (χ3n) is 4.24. The molecule has 0 aliphatic rings. The highest BCUT2D eigenvalue weighted by atomic mass is 16.5. The molecule has 0 heterocycles. The largest absolute Gasteiger partial charge is 0.493 e. The van der Waals surface area contributed by atoms with Crippen molar-refractivity contribution >= 4 is 5.78 Å². The molecule has 5 nitrogen and oxygen atoms in total. The summed E-state index contributed by atoms with van der Waals surface area (Å²) in [4.78, 5) is 11.6. The maximum atomic E-state index is 11.6. The molecule has 3 aromatic carbocycles. The average Bonchev–Trinajstić information content (AvgIpc) is 2.78. The molecule has 0 aliphatic carbocycles. The zero-order valence-corrected chi connectivity index (χ0v) is 16.3. The zero-order chi connectivity index (χ0) is 20.3. The summed E-state index contributed by atoms with van der Waals surface area (Å²) in [6.07, 6.45) is 0.724. The minimum Gasteiger partial charge on any atom is -0.493 e. The highest BCUT2D eigenvalue weighted by molar-refractivity contribution is 5.97. The van der Waals surface area contributed by atoms with E-state index in [9.17, 15) is 4.79 Å². The van der Waals surface area contributed by atoms with E-state index in [2.05, 4.69) is 0 Å². The minimum absolute atomic E-state index is 0.00657. The standard InChI is InChI=1S/C24H25NO4/c25-17-24(26)20-8-4-9-23(16-20)28-15-5-14-27-21-10-12-22(13-11-21)29-18-19-6-2-1-3-7-19/h1-4,6-13,16H,5,14-15,17-18,25H2. The highest BCUT2D eigenvalue weighted by Gasteiger charge is 2.04. The number of hydrogen-bond acceptors (Lipinski definition) is 5. The summed E-state index contributed by atoms with van der Waals surface area (Å²) < 4.78 is 17.2. The molecule has 0 saturated carbocycles. The van der Waals surface area contributed by atoms with Crippen LogP contribution in [0.3, 0.4) is 0 Å². The molecule has 150 valence electrons. The van der Waals surface area contributed by atoms with Crippen LogP contribution in [0.2, 0.25) is 0 Å². The molecule has 5 heteroatoms. The molecule has 0 bridgehead atoms. The number of Topliss-reactive ketones (excluding diaryl/α,β-unsaturated/α-hetero) is 1. The first-order chi connectivity index (χ1) is 14.2. The van der Waals surface area contributed by atoms with Gasteiger partial charge in [0.25, 0.3) is 0 Å². The van der Waals surface area contributed by atoms with E-state index < -0.39 is 0 Å². The Morgan fingerprint density at radius 1 is 0.724 bits per heavy atom. The third-order valence-corrected chi connectivity index (χ3v) is 4.24. The Hall–Kier alpha value is -3.31. The van der Waals surface area contributed by atoms with Crippen molar-refractivity contribution in [1.29, 1.82) is 0 Å². The van der Waals surface area contributed by atoms with E-state index in [0.29, 0.717) is 31.1 Å². The Bertz CT molecular complexity index is 894. The molecule has 0 aromatic heterocycles. The van der Waals surface area contributed by atoms with Crippen LogP contribution in [0.15, 0.2) is 78.9 Å². The monoisotopic (exact) mass is 391 g/mol. The van der Waals surface area contributed by atoms with Crippen LogP contribution in [0.25, 0.3) is 0 Å². The SMILES string of the molecule is NCC(=O)c1cccc(OCCCOc2ccc(OCc3ccccc3)cc2)c1. The second-order valence-corrected chi connectivity index (χ2v) is 6.45. The van der Waals surface area contributed by atoms with Gasteiger partial charge >= 0.3 is 0 Å². The predicted octanol–water partition coefficient (Wildman–Crippen LogP) is 4.25. The Morgan fingerprint density at radius 2 is 1.38 bits per heavy atom. The molecule has 3 rings (SSSR count). The summed E-state index contributed by atoms with van der Waals surface area (Å²) in [6, 6.07) is 24.7. The van der Waals surface area contributed by atoms with Crippen LogP contribution in [0.5, 0.6) is 17.2 Å². The number of hydrogen-bond donors (Lipinski definition) is 1. The van der Waals surface area contributed by atoms with E-state index in [1.54, 1.807) is 18.2 Å². The van der Waals surface area contributed by atoms with E-state index in [1.807, 2.05) is 60.7 Å². The molecular weight excluding hydrogens is 366 g/mol.